The average Bonchev–Trinajstić information content (AvgIpc) is 2.72. The lowest BCUT2D eigenvalue weighted by Gasteiger charge is -2.22. The molecule has 0 radical (unpaired) electrons. The van der Waals surface area contributed by atoms with E-state index in [-0.39, 0.29) is 16.4 Å². The van der Waals surface area contributed by atoms with E-state index in [1.165, 1.54) is 32.3 Å². The van der Waals surface area contributed by atoms with Crippen molar-refractivity contribution in [1.29, 1.82) is 0 Å². The number of hydrogen-bond donors (Lipinski definition) is 1. The summed E-state index contributed by atoms with van der Waals surface area (Å²) in [6.45, 7) is 6.92. The molecule has 2 aromatic carbocycles. The van der Waals surface area contributed by atoms with Crippen LogP contribution >= 0.6 is 0 Å². The Morgan fingerprint density at radius 1 is 0.935 bits per heavy atom. The van der Waals surface area contributed by atoms with Crippen molar-refractivity contribution >= 4 is 21.9 Å². The molecule has 1 N–H and O–H groups in total. The van der Waals surface area contributed by atoms with E-state index in [0.29, 0.717) is 35.3 Å². The number of aryl methyl sites for hydroxylation is 1. The molecule has 0 saturated heterocycles. The van der Waals surface area contributed by atoms with Gasteiger partial charge in [0.15, 0.2) is 0 Å². The van der Waals surface area contributed by atoms with E-state index in [1.807, 2.05) is 13.8 Å². The van der Waals surface area contributed by atoms with E-state index in [0.717, 1.165) is 17.1 Å². The zero-order valence-electron chi connectivity index (χ0n) is 18.7. The molecule has 7 nitrogen and oxygen atoms in total. The van der Waals surface area contributed by atoms with Gasteiger partial charge >= 0.3 is 5.97 Å². The maximum atomic E-state index is 13.1. The Morgan fingerprint density at radius 2 is 1.52 bits per heavy atom. The predicted molar refractivity (Wildman–Crippen MR) is 121 cm³/mol. The first-order chi connectivity index (χ1) is 14.5. The fourth-order valence-corrected chi connectivity index (χ4v) is 4.39. The van der Waals surface area contributed by atoms with Crippen molar-refractivity contribution in [3.8, 4) is 11.1 Å². The van der Waals surface area contributed by atoms with Crippen LogP contribution in [0.25, 0.3) is 11.1 Å². The molecule has 0 aromatic heterocycles. The number of sulfonamides is 1. The first-order valence-corrected chi connectivity index (χ1v) is 11.7. The van der Waals surface area contributed by atoms with Gasteiger partial charge in [0.1, 0.15) is 0 Å². The van der Waals surface area contributed by atoms with Gasteiger partial charge in [-0.25, -0.2) is 17.5 Å². The number of carboxylic acid groups (broad SMARTS) is 1. The van der Waals surface area contributed by atoms with Gasteiger partial charge in [-0.05, 0) is 66.8 Å². The highest BCUT2D eigenvalue weighted by Crippen LogP contribution is 2.29. The summed E-state index contributed by atoms with van der Waals surface area (Å²) in [7, 11) is -0.660. The summed E-state index contributed by atoms with van der Waals surface area (Å²) >= 11 is 0. The lowest BCUT2D eigenvalue weighted by Crippen LogP contribution is -2.32. The molecule has 2 aromatic rings. The third-order valence-electron chi connectivity index (χ3n) is 4.99. The molecule has 0 aliphatic heterocycles. The minimum absolute atomic E-state index is 0.0122. The van der Waals surface area contributed by atoms with Crippen LogP contribution in [0.1, 0.15) is 53.0 Å². The van der Waals surface area contributed by atoms with E-state index in [2.05, 4.69) is 0 Å². The van der Waals surface area contributed by atoms with Crippen molar-refractivity contribution in [2.75, 3.05) is 27.2 Å². The Balaban J connectivity index is 2.59. The largest absolute Gasteiger partial charge is 0.478 e. The van der Waals surface area contributed by atoms with E-state index < -0.39 is 16.0 Å². The SMILES string of the molecule is CCCN(CCC)C(=O)c1cc(C(=O)O)cc(-c2ccc(S(=O)(=O)N(C)C)cc2C)c1. The molecule has 0 fully saturated rings. The van der Waals surface area contributed by atoms with E-state index in [4.69, 9.17) is 0 Å². The van der Waals surface area contributed by atoms with E-state index >= 15 is 0 Å². The van der Waals surface area contributed by atoms with Crippen LogP contribution in [0, 0.1) is 6.92 Å². The molecule has 0 aliphatic rings. The third-order valence-corrected chi connectivity index (χ3v) is 6.80. The molecule has 2 rings (SSSR count). The van der Waals surface area contributed by atoms with Crippen LogP contribution in [0.3, 0.4) is 0 Å². The normalized spacial score (nSPS) is 11.5. The average molecular weight is 447 g/mol. The second kappa shape index (κ2) is 10.1. The summed E-state index contributed by atoms with van der Waals surface area (Å²) in [5.74, 6) is -1.34. The monoisotopic (exact) mass is 446 g/mol. The van der Waals surface area contributed by atoms with Crippen molar-refractivity contribution in [2.45, 2.75) is 38.5 Å². The molecular weight excluding hydrogens is 416 g/mol. The first-order valence-electron chi connectivity index (χ1n) is 10.2. The van der Waals surface area contributed by atoms with Gasteiger partial charge in [0.25, 0.3) is 5.91 Å². The van der Waals surface area contributed by atoms with Crippen LogP contribution in [-0.2, 0) is 10.0 Å². The molecule has 8 heteroatoms. The lowest BCUT2D eigenvalue weighted by atomic mass is 9.96. The first kappa shape index (κ1) is 24.6. The predicted octanol–water partition coefficient (Wildman–Crippen LogP) is 3.87. The Morgan fingerprint density at radius 3 is 2.00 bits per heavy atom. The molecule has 168 valence electrons. The van der Waals surface area contributed by atoms with Crippen molar-refractivity contribution in [3.63, 3.8) is 0 Å². The maximum absolute atomic E-state index is 13.1. The number of amides is 1. The van der Waals surface area contributed by atoms with Gasteiger partial charge in [0, 0.05) is 32.7 Å². The van der Waals surface area contributed by atoms with Gasteiger partial charge < -0.3 is 10.0 Å². The van der Waals surface area contributed by atoms with Crippen molar-refractivity contribution in [1.82, 2.24) is 9.21 Å². The van der Waals surface area contributed by atoms with E-state index in [1.54, 1.807) is 30.0 Å². The lowest BCUT2D eigenvalue weighted by molar-refractivity contribution is 0.0697. The number of benzene rings is 2. The molecule has 0 spiro atoms. The quantitative estimate of drug-likeness (QED) is 0.631. The molecule has 0 bridgehead atoms. The van der Waals surface area contributed by atoms with Gasteiger partial charge in [-0.1, -0.05) is 19.9 Å². The van der Waals surface area contributed by atoms with Crippen LogP contribution in [0.4, 0.5) is 0 Å². The molecule has 0 heterocycles. The summed E-state index contributed by atoms with van der Waals surface area (Å²) in [4.78, 5) is 26.7. The van der Waals surface area contributed by atoms with Crippen molar-refractivity contribution < 1.29 is 23.1 Å². The summed E-state index contributed by atoms with van der Waals surface area (Å²) in [6, 6.07) is 9.28. The van der Waals surface area contributed by atoms with Crippen LogP contribution in [-0.4, -0.2) is 61.8 Å². The summed E-state index contributed by atoms with van der Waals surface area (Å²) in [6.07, 6.45) is 1.61. The van der Waals surface area contributed by atoms with Gasteiger partial charge in [-0.2, -0.15) is 0 Å². The third kappa shape index (κ3) is 5.51. The van der Waals surface area contributed by atoms with Gasteiger partial charge in [-0.15, -0.1) is 0 Å². The van der Waals surface area contributed by atoms with Gasteiger partial charge in [0.05, 0.1) is 10.5 Å². The van der Waals surface area contributed by atoms with Crippen LogP contribution in [0.2, 0.25) is 0 Å². The number of aromatic carboxylic acids is 1. The number of carbonyl (C=O) groups is 2. The molecule has 0 atom stereocenters. The number of carboxylic acids is 1. The molecule has 31 heavy (non-hydrogen) atoms. The fraction of sp³-hybridized carbons (Fsp3) is 0.391. The Bertz CT molecular complexity index is 1070. The smallest absolute Gasteiger partial charge is 0.335 e. The molecule has 1 amide bonds. The Labute approximate surface area is 184 Å². The highest BCUT2D eigenvalue weighted by Gasteiger charge is 2.21. The summed E-state index contributed by atoms with van der Waals surface area (Å²) in [5.41, 5.74) is 2.22. The van der Waals surface area contributed by atoms with Gasteiger partial charge in [-0.3, -0.25) is 4.79 Å². The highest BCUT2D eigenvalue weighted by atomic mass is 32.2. The number of rotatable bonds is 9. The van der Waals surface area contributed by atoms with Crippen molar-refractivity contribution in [2.24, 2.45) is 0 Å². The highest BCUT2D eigenvalue weighted by molar-refractivity contribution is 7.89. The van der Waals surface area contributed by atoms with Crippen LogP contribution in [0.15, 0.2) is 41.3 Å². The van der Waals surface area contributed by atoms with E-state index in [9.17, 15) is 23.1 Å². The summed E-state index contributed by atoms with van der Waals surface area (Å²) in [5, 5.41) is 9.58. The maximum Gasteiger partial charge on any atom is 0.335 e. The van der Waals surface area contributed by atoms with Crippen molar-refractivity contribution in [3.05, 3.63) is 53.1 Å². The molecule has 0 aliphatic carbocycles. The number of nitrogens with zero attached hydrogens (tertiary/aromatic N) is 2. The second-order valence-corrected chi connectivity index (χ2v) is 9.81. The minimum atomic E-state index is -3.59. The van der Waals surface area contributed by atoms with Gasteiger partial charge in [0.2, 0.25) is 10.0 Å². The fourth-order valence-electron chi connectivity index (χ4n) is 3.40. The number of hydrogen-bond acceptors (Lipinski definition) is 4. The Kier molecular flexibility index (Phi) is 7.97. The van der Waals surface area contributed by atoms with Crippen LogP contribution < -0.4 is 0 Å². The summed E-state index contributed by atoms with van der Waals surface area (Å²) < 4.78 is 26.0. The standard InChI is InChI=1S/C23H30N2O5S/c1-6-10-25(11-7-2)22(26)18-13-17(14-19(15-18)23(27)28)21-9-8-20(12-16(21)3)31(29,30)24(4)5/h8-9,12-15H,6-7,10-11H2,1-5H3,(H,27,28). The zero-order chi connectivity index (χ0) is 23.3. The molecule has 0 saturated carbocycles. The number of carbonyl (C=O) groups excluding carboxylic acids is 1. The molecule has 0 unspecified atom stereocenters. The van der Waals surface area contributed by atoms with Crippen LogP contribution in [0.5, 0.6) is 0 Å². The zero-order valence-corrected chi connectivity index (χ0v) is 19.5. The molecular formula is C23H30N2O5S. The minimum Gasteiger partial charge on any atom is -0.478 e. The second-order valence-electron chi connectivity index (χ2n) is 7.66. The Hall–Kier alpha value is -2.71. The topological polar surface area (TPSA) is 95.0 Å².